The van der Waals surface area contributed by atoms with E-state index in [1.807, 2.05) is 6.07 Å². The Morgan fingerprint density at radius 3 is 2.29 bits per heavy atom. The summed E-state index contributed by atoms with van der Waals surface area (Å²) in [6, 6.07) is 17.2. The monoisotopic (exact) mass is 320 g/mol. The number of para-hydroxylation sites is 1. The van der Waals surface area contributed by atoms with Crippen molar-refractivity contribution in [3.63, 3.8) is 0 Å². The van der Waals surface area contributed by atoms with E-state index in [0.29, 0.717) is 0 Å². The summed E-state index contributed by atoms with van der Waals surface area (Å²) in [6.07, 6.45) is 2.62. The molecule has 0 N–H and O–H groups in total. The molecule has 1 saturated heterocycles. The zero-order valence-corrected chi connectivity index (χ0v) is 13.3. The van der Waals surface area contributed by atoms with Gasteiger partial charge in [-0.15, -0.1) is 24.8 Å². The molecule has 2 heterocycles. The topological polar surface area (TPSA) is 16.1 Å². The van der Waals surface area contributed by atoms with Crippen LogP contribution in [0.5, 0.6) is 0 Å². The van der Waals surface area contributed by atoms with Crippen molar-refractivity contribution >= 4 is 52.3 Å². The molecule has 21 heavy (non-hydrogen) atoms. The van der Waals surface area contributed by atoms with Crippen LogP contribution >= 0.6 is 24.8 Å². The zero-order chi connectivity index (χ0) is 12.7. The number of aromatic nitrogens is 1. The molecule has 0 aliphatic carbocycles. The number of halogens is 2. The van der Waals surface area contributed by atoms with Crippen molar-refractivity contribution in [1.29, 1.82) is 0 Å². The summed E-state index contributed by atoms with van der Waals surface area (Å²) in [7, 11) is 0. The molecule has 1 aromatic heterocycles. The maximum absolute atomic E-state index is 4.78. The predicted molar refractivity (Wildman–Crippen MR) is 95.2 cm³/mol. The molecular formula is C17H18Cl2N2. The van der Waals surface area contributed by atoms with Gasteiger partial charge in [0.25, 0.3) is 0 Å². The van der Waals surface area contributed by atoms with Crippen molar-refractivity contribution in [3.8, 4) is 0 Å². The molecular weight excluding hydrogens is 303 g/mol. The maximum atomic E-state index is 4.78. The molecule has 1 fully saturated rings. The molecule has 2 aromatic carbocycles. The number of nitrogens with zero attached hydrogens (tertiary/aromatic N) is 2. The Kier molecular flexibility index (Phi) is 4.92. The summed E-state index contributed by atoms with van der Waals surface area (Å²) >= 11 is 0. The van der Waals surface area contributed by atoms with Crippen LogP contribution in [-0.2, 0) is 0 Å². The van der Waals surface area contributed by atoms with Crippen LogP contribution in [-0.4, -0.2) is 18.1 Å². The van der Waals surface area contributed by atoms with E-state index in [0.717, 1.165) is 11.0 Å². The molecule has 0 unspecified atom stereocenters. The summed E-state index contributed by atoms with van der Waals surface area (Å²) in [5.74, 6) is 0. The minimum atomic E-state index is 0. The van der Waals surface area contributed by atoms with Crippen molar-refractivity contribution in [1.82, 2.24) is 4.98 Å². The molecule has 0 saturated carbocycles. The molecule has 1 aliphatic heterocycles. The molecule has 0 atom stereocenters. The molecule has 0 radical (unpaired) electrons. The van der Waals surface area contributed by atoms with Gasteiger partial charge in [0.2, 0.25) is 0 Å². The lowest BCUT2D eigenvalue weighted by Gasteiger charge is -2.17. The van der Waals surface area contributed by atoms with Gasteiger partial charge >= 0.3 is 0 Å². The van der Waals surface area contributed by atoms with Gasteiger partial charge in [0, 0.05) is 29.5 Å². The normalized spacial score (nSPS) is 14.0. The first-order valence-electron chi connectivity index (χ1n) is 6.95. The van der Waals surface area contributed by atoms with E-state index < -0.39 is 0 Å². The van der Waals surface area contributed by atoms with Crippen LogP contribution in [0.3, 0.4) is 0 Å². The van der Waals surface area contributed by atoms with Crippen LogP contribution in [0.2, 0.25) is 0 Å². The first-order valence-corrected chi connectivity index (χ1v) is 6.95. The molecule has 110 valence electrons. The Balaban J connectivity index is 0.000000807. The Labute approximate surface area is 137 Å². The second-order valence-corrected chi connectivity index (χ2v) is 5.25. The minimum Gasteiger partial charge on any atom is -0.371 e. The number of anilines is 1. The summed E-state index contributed by atoms with van der Waals surface area (Å²) in [5.41, 5.74) is 3.49. The largest absolute Gasteiger partial charge is 0.371 e. The lowest BCUT2D eigenvalue weighted by molar-refractivity contribution is 0.949. The molecule has 3 aromatic rings. The van der Waals surface area contributed by atoms with Crippen LogP contribution in [0.25, 0.3) is 21.8 Å². The lowest BCUT2D eigenvalue weighted by atomic mass is 10.1. The summed E-state index contributed by atoms with van der Waals surface area (Å²) in [6.45, 7) is 2.36. The molecule has 0 bridgehead atoms. The summed E-state index contributed by atoms with van der Waals surface area (Å²) in [4.78, 5) is 7.24. The fourth-order valence-corrected chi connectivity index (χ4v) is 2.93. The van der Waals surface area contributed by atoms with Gasteiger partial charge < -0.3 is 4.90 Å². The number of hydrogen-bond acceptors (Lipinski definition) is 2. The highest BCUT2D eigenvalue weighted by molar-refractivity contribution is 5.94. The smallest absolute Gasteiger partial charge is 0.0730 e. The summed E-state index contributed by atoms with van der Waals surface area (Å²) < 4.78 is 0. The van der Waals surface area contributed by atoms with Gasteiger partial charge in [0.05, 0.1) is 11.0 Å². The highest BCUT2D eigenvalue weighted by atomic mass is 35.5. The number of pyridine rings is 1. The van der Waals surface area contributed by atoms with Crippen molar-refractivity contribution in [3.05, 3.63) is 48.5 Å². The van der Waals surface area contributed by atoms with Crippen molar-refractivity contribution in [2.75, 3.05) is 18.0 Å². The number of rotatable bonds is 1. The van der Waals surface area contributed by atoms with Crippen LogP contribution in [0.1, 0.15) is 12.8 Å². The zero-order valence-electron chi connectivity index (χ0n) is 11.7. The average Bonchev–Trinajstić information content (AvgIpc) is 2.98. The second-order valence-electron chi connectivity index (χ2n) is 5.25. The maximum Gasteiger partial charge on any atom is 0.0730 e. The quantitative estimate of drug-likeness (QED) is 0.597. The first-order chi connectivity index (χ1) is 9.40. The van der Waals surface area contributed by atoms with Crippen LogP contribution in [0.4, 0.5) is 5.69 Å². The van der Waals surface area contributed by atoms with Gasteiger partial charge in [-0.3, -0.25) is 0 Å². The second kappa shape index (κ2) is 6.50. The highest BCUT2D eigenvalue weighted by Crippen LogP contribution is 2.26. The molecule has 4 rings (SSSR count). The third-order valence-corrected chi connectivity index (χ3v) is 3.97. The standard InChI is InChI=1S/C17H16N2.2ClH/c1-2-6-16-13(5-1)11-14-7-8-15(12-17(14)18-16)19-9-3-4-10-19;;/h1-2,5-8,11-12H,3-4,9-10H2;2*1H. The van der Waals surface area contributed by atoms with E-state index >= 15 is 0 Å². The summed E-state index contributed by atoms with van der Waals surface area (Å²) in [5, 5.41) is 2.44. The minimum absolute atomic E-state index is 0. The highest BCUT2D eigenvalue weighted by Gasteiger charge is 2.12. The first kappa shape index (κ1) is 15.9. The Bertz CT molecular complexity index is 752. The molecule has 1 aliphatic rings. The molecule has 0 spiro atoms. The molecule has 4 heteroatoms. The Morgan fingerprint density at radius 1 is 0.762 bits per heavy atom. The van der Waals surface area contributed by atoms with E-state index in [1.54, 1.807) is 0 Å². The van der Waals surface area contributed by atoms with Gasteiger partial charge in [0.1, 0.15) is 0 Å². The van der Waals surface area contributed by atoms with E-state index in [-0.39, 0.29) is 24.8 Å². The van der Waals surface area contributed by atoms with Crippen molar-refractivity contribution < 1.29 is 0 Å². The lowest BCUT2D eigenvalue weighted by Crippen LogP contribution is -2.17. The van der Waals surface area contributed by atoms with Gasteiger partial charge in [0.15, 0.2) is 0 Å². The van der Waals surface area contributed by atoms with Gasteiger partial charge in [-0.1, -0.05) is 24.3 Å². The Morgan fingerprint density at radius 2 is 1.48 bits per heavy atom. The molecule has 0 amide bonds. The Hall–Kier alpha value is -1.51. The average molecular weight is 321 g/mol. The van der Waals surface area contributed by atoms with Crippen molar-refractivity contribution in [2.24, 2.45) is 0 Å². The predicted octanol–water partition coefficient (Wildman–Crippen LogP) is 4.83. The van der Waals surface area contributed by atoms with Gasteiger partial charge in [-0.2, -0.15) is 0 Å². The fourth-order valence-electron chi connectivity index (χ4n) is 2.93. The molecule has 2 nitrogen and oxygen atoms in total. The van der Waals surface area contributed by atoms with E-state index in [4.69, 9.17) is 4.98 Å². The van der Waals surface area contributed by atoms with Crippen LogP contribution < -0.4 is 4.90 Å². The fraction of sp³-hybridized carbons (Fsp3) is 0.235. The number of fused-ring (bicyclic) bond motifs is 2. The van der Waals surface area contributed by atoms with Crippen LogP contribution in [0.15, 0.2) is 48.5 Å². The van der Waals surface area contributed by atoms with Crippen LogP contribution in [0, 0.1) is 0 Å². The van der Waals surface area contributed by atoms with E-state index in [1.165, 1.54) is 42.4 Å². The third kappa shape index (κ3) is 2.92. The van der Waals surface area contributed by atoms with Crippen molar-refractivity contribution in [2.45, 2.75) is 12.8 Å². The van der Waals surface area contributed by atoms with Gasteiger partial charge in [-0.05, 0) is 37.1 Å². The third-order valence-electron chi connectivity index (χ3n) is 3.97. The van der Waals surface area contributed by atoms with E-state index in [9.17, 15) is 0 Å². The number of benzene rings is 2. The SMILES string of the molecule is Cl.Cl.c1ccc2nc3cc(N4CCCC4)ccc3cc2c1. The number of hydrogen-bond donors (Lipinski definition) is 0. The van der Waals surface area contributed by atoms with E-state index in [2.05, 4.69) is 47.4 Å². The van der Waals surface area contributed by atoms with Gasteiger partial charge in [-0.25, -0.2) is 4.98 Å².